The maximum Gasteiger partial charge on any atom is 0.162 e. The summed E-state index contributed by atoms with van der Waals surface area (Å²) in [4.78, 5) is 0. The molecular weight excluding hydrogens is 608 g/mol. The van der Waals surface area contributed by atoms with Crippen molar-refractivity contribution >= 4 is 0 Å². The first-order chi connectivity index (χ1) is 22.9. The Labute approximate surface area is 293 Å². The summed E-state index contributed by atoms with van der Waals surface area (Å²) < 4.78 is 0. The second kappa shape index (κ2) is 24.8. The van der Waals surface area contributed by atoms with Crippen molar-refractivity contribution in [1.29, 1.82) is 0 Å². The Kier molecular flexibility index (Phi) is 22.6. The van der Waals surface area contributed by atoms with Gasteiger partial charge in [0.25, 0.3) is 0 Å². The first kappa shape index (κ1) is 43.8. The van der Waals surface area contributed by atoms with E-state index >= 15 is 0 Å². The van der Waals surface area contributed by atoms with Gasteiger partial charge in [-0.3, -0.25) is 0 Å². The van der Waals surface area contributed by atoms with Gasteiger partial charge in [-0.2, -0.15) is 0 Å². The van der Waals surface area contributed by atoms with E-state index < -0.39 is 29.6 Å². The van der Waals surface area contributed by atoms with E-state index in [0.29, 0.717) is 50.4 Å². The van der Waals surface area contributed by atoms with Crippen LogP contribution in [0.4, 0.5) is 0 Å². The molecule has 286 valence electrons. The summed E-state index contributed by atoms with van der Waals surface area (Å²) in [6.07, 6.45) is 33.6. The maximum absolute atomic E-state index is 9.47. The van der Waals surface area contributed by atoms with Gasteiger partial charge in [0.2, 0.25) is 0 Å². The first-order valence-corrected chi connectivity index (χ1v) is 20.6. The Morgan fingerprint density at radius 3 is 0.667 bits per heavy atom. The molecule has 0 heterocycles. The second-order valence-corrected chi connectivity index (χ2v) is 16.3. The Morgan fingerprint density at radius 2 is 0.458 bits per heavy atom. The third kappa shape index (κ3) is 21.8. The van der Waals surface area contributed by atoms with Crippen molar-refractivity contribution in [2.45, 2.75) is 241 Å². The summed E-state index contributed by atoms with van der Waals surface area (Å²) >= 11 is 0. The molecule has 0 bridgehead atoms. The zero-order chi connectivity index (χ0) is 35.1. The Hall–Kier alpha value is -0.320. The van der Waals surface area contributed by atoms with Gasteiger partial charge in [0.15, 0.2) is 17.4 Å². The van der Waals surface area contributed by atoms with Crippen LogP contribution in [0, 0.1) is 11.8 Å². The molecule has 0 amide bonds. The van der Waals surface area contributed by atoms with Crippen LogP contribution >= 0.6 is 0 Å². The average Bonchev–Trinajstić information content (AvgIpc) is 3.04. The minimum absolute atomic E-state index is 0.440. The zero-order valence-electron chi connectivity index (χ0n) is 30.7. The molecule has 0 aromatic carbocycles. The van der Waals surface area contributed by atoms with Crippen molar-refractivity contribution in [3.05, 3.63) is 0 Å². The quantitative estimate of drug-likeness (QED) is 0.119. The van der Waals surface area contributed by atoms with Gasteiger partial charge in [0.05, 0.1) is 12.2 Å². The third-order valence-electron chi connectivity index (χ3n) is 11.6. The molecule has 4 atom stereocenters. The zero-order valence-corrected chi connectivity index (χ0v) is 30.7. The van der Waals surface area contributed by atoms with Crippen LogP contribution in [0.15, 0.2) is 0 Å². The molecule has 0 aromatic heterocycles. The molecule has 0 radical (unpaired) electrons. The van der Waals surface area contributed by atoms with Gasteiger partial charge in [-0.15, -0.1) is 0 Å². The lowest BCUT2D eigenvalue weighted by molar-refractivity contribution is -0.173. The topological polar surface area (TPSA) is 162 Å². The highest BCUT2D eigenvalue weighted by atomic mass is 16.5. The summed E-state index contributed by atoms with van der Waals surface area (Å²) in [6, 6.07) is 0. The molecule has 8 heteroatoms. The van der Waals surface area contributed by atoms with Crippen LogP contribution in [-0.2, 0) is 0 Å². The number of fused-ring (bicyclic) bond motifs is 1. The highest BCUT2D eigenvalue weighted by Gasteiger charge is 2.36. The molecule has 5 fully saturated rings. The minimum Gasteiger partial charge on any atom is -0.390 e. The summed E-state index contributed by atoms with van der Waals surface area (Å²) in [7, 11) is 0. The van der Waals surface area contributed by atoms with Gasteiger partial charge in [-0.25, -0.2) is 0 Å². The van der Waals surface area contributed by atoms with Crippen molar-refractivity contribution in [2.24, 2.45) is 11.8 Å². The van der Waals surface area contributed by atoms with Crippen LogP contribution in [0.3, 0.4) is 0 Å². The fourth-order valence-electron chi connectivity index (χ4n) is 8.31. The molecule has 0 saturated heterocycles. The van der Waals surface area contributed by atoms with Gasteiger partial charge in [0, 0.05) is 38.5 Å². The van der Waals surface area contributed by atoms with Crippen molar-refractivity contribution in [3.63, 3.8) is 0 Å². The van der Waals surface area contributed by atoms with Crippen LogP contribution in [0.5, 0.6) is 0 Å². The summed E-state index contributed by atoms with van der Waals surface area (Å²) in [5.41, 5.74) is 0. The van der Waals surface area contributed by atoms with Crippen molar-refractivity contribution < 1.29 is 40.9 Å². The third-order valence-corrected chi connectivity index (χ3v) is 11.6. The van der Waals surface area contributed by atoms with Gasteiger partial charge in [0.1, 0.15) is 0 Å². The molecule has 0 aliphatic heterocycles. The van der Waals surface area contributed by atoms with E-state index in [4.69, 9.17) is 0 Å². The number of aliphatic hydroxyl groups excluding tert-OH is 2. The van der Waals surface area contributed by atoms with Gasteiger partial charge < -0.3 is 40.9 Å². The second-order valence-electron chi connectivity index (χ2n) is 16.3. The molecule has 48 heavy (non-hydrogen) atoms. The van der Waals surface area contributed by atoms with Gasteiger partial charge in [-0.1, -0.05) is 122 Å². The van der Waals surface area contributed by atoms with Crippen molar-refractivity contribution in [2.75, 3.05) is 0 Å². The number of hydrogen-bond acceptors (Lipinski definition) is 8. The predicted molar refractivity (Wildman–Crippen MR) is 193 cm³/mol. The average molecular weight is 687 g/mol. The minimum atomic E-state index is -1.36. The van der Waals surface area contributed by atoms with E-state index in [1.54, 1.807) is 0 Å². The standard InChI is InChI=1S/C10H18O2.3C10H20O2/c11-9-5-7-3-1-2-4-8(7)6-10(9)12;3*11-10(12)8-6-4-2-1-3-5-7-9-10/h7-12H,1-6H2;3*11-12H,1-9H2. The Balaban J connectivity index is 0.000000222. The fourth-order valence-corrected chi connectivity index (χ4v) is 8.31. The maximum atomic E-state index is 9.47. The van der Waals surface area contributed by atoms with E-state index in [2.05, 4.69) is 0 Å². The summed E-state index contributed by atoms with van der Waals surface area (Å²) in [6.45, 7) is 0. The summed E-state index contributed by atoms with van der Waals surface area (Å²) in [5.74, 6) is -2.68. The van der Waals surface area contributed by atoms with E-state index in [-0.39, 0.29) is 0 Å². The van der Waals surface area contributed by atoms with Crippen LogP contribution in [0.2, 0.25) is 0 Å². The Bertz CT molecular complexity index is 647. The molecule has 5 aliphatic rings. The largest absolute Gasteiger partial charge is 0.390 e. The lowest BCUT2D eigenvalue weighted by Crippen LogP contribution is -2.40. The first-order valence-electron chi connectivity index (χ1n) is 20.6. The molecule has 5 rings (SSSR count). The normalized spacial score (nSPS) is 32.0. The van der Waals surface area contributed by atoms with Crippen LogP contribution in [0.25, 0.3) is 0 Å². The molecule has 0 spiro atoms. The summed E-state index contributed by atoms with van der Waals surface area (Å²) in [5, 5.41) is 75.6. The van der Waals surface area contributed by atoms with Crippen LogP contribution in [0.1, 0.15) is 212 Å². The van der Waals surface area contributed by atoms with Gasteiger partial charge in [-0.05, 0) is 63.2 Å². The van der Waals surface area contributed by atoms with E-state index in [1.807, 2.05) is 0 Å². The molecule has 4 unspecified atom stereocenters. The smallest absolute Gasteiger partial charge is 0.162 e. The van der Waals surface area contributed by atoms with Crippen LogP contribution in [-0.4, -0.2) is 70.4 Å². The SMILES string of the molecule is OC1(O)CCCCCCCCC1.OC1(O)CCCCCCCCC1.OC1(O)CCCCCCCCC1.OC1CC2CCCCC2CC1O. The number of aliphatic hydroxyl groups is 8. The fraction of sp³-hybridized carbons (Fsp3) is 1.00. The molecule has 8 N–H and O–H groups in total. The highest BCUT2D eigenvalue weighted by molar-refractivity contribution is 4.87. The van der Waals surface area contributed by atoms with E-state index in [0.717, 1.165) is 89.9 Å². The number of hydrogen-bond donors (Lipinski definition) is 8. The van der Waals surface area contributed by atoms with E-state index in [9.17, 15) is 40.9 Å². The molecule has 8 nitrogen and oxygen atoms in total. The molecule has 0 aromatic rings. The van der Waals surface area contributed by atoms with Crippen molar-refractivity contribution in [3.8, 4) is 0 Å². The highest BCUT2D eigenvalue weighted by Crippen LogP contribution is 2.40. The van der Waals surface area contributed by atoms with Crippen molar-refractivity contribution in [1.82, 2.24) is 0 Å². The Morgan fingerprint density at radius 1 is 0.271 bits per heavy atom. The van der Waals surface area contributed by atoms with Crippen LogP contribution < -0.4 is 0 Å². The number of rotatable bonds is 0. The molecule has 5 saturated carbocycles. The lowest BCUT2D eigenvalue weighted by atomic mass is 9.69. The predicted octanol–water partition coefficient (Wildman–Crippen LogP) is 7.88. The molecular formula is C40H78O8. The lowest BCUT2D eigenvalue weighted by Gasteiger charge is -2.40. The molecule has 5 aliphatic carbocycles. The van der Waals surface area contributed by atoms with Gasteiger partial charge >= 0.3 is 0 Å². The van der Waals surface area contributed by atoms with E-state index in [1.165, 1.54) is 83.5 Å². The monoisotopic (exact) mass is 687 g/mol.